The van der Waals surface area contributed by atoms with Gasteiger partial charge in [0, 0.05) is 19.8 Å². The number of nitrogens with one attached hydrogen (secondary N) is 1. The van der Waals surface area contributed by atoms with E-state index in [9.17, 15) is 8.42 Å². The van der Waals surface area contributed by atoms with Crippen LogP contribution < -0.4 is 9.62 Å². The first-order valence-electron chi connectivity index (χ1n) is 6.15. The Labute approximate surface area is 132 Å². The molecule has 1 heterocycles. The average Bonchev–Trinajstić information content (AvgIpc) is 2.70. The Morgan fingerprint density at radius 1 is 1.29 bits per heavy atom. The van der Waals surface area contributed by atoms with E-state index in [0.717, 1.165) is 5.69 Å². The zero-order chi connectivity index (χ0) is 15.8. The van der Waals surface area contributed by atoms with Gasteiger partial charge in [0.2, 0.25) is 0 Å². The Balaban J connectivity index is 2.44. The number of rotatable bonds is 4. The second-order valence-electron chi connectivity index (χ2n) is 4.86. The van der Waals surface area contributed by atoms with E-state index in [0.29, 0.717) is 15.7 Å². The minimum atomic E-state index is -3.75. The van der Waals surface area contributed by atoms with Crippen LogP contribution in [0.4, 0.5) is 11.6 Å². The monoisotopic (exact) mass is 373 g/mol. The molecule has 0 aliphatic heterocycles. The number of hydrogen-bond acceptors (Lipinski definition) is 5. The van der Waals surface area contributed by atoms with Crippen molar-refractivity contribution in [1.29, 1.82) is 0 Å². The maximum atomic E-state index is 12.5. The molecule has 0 aliphatic rings. The summed E-state index contributed by atoms with van der Waals surface area (Å²) in [6, 6.07) is 5.25. The number of sulfonamides is 1. The van der Waals surface area contributed by atoms with Crippen LogP contribution >= 0.6 is 15.9 Å². The molecular weight excluding hydrogens is 358 g/mol. The van der Waals surface area contributed by atoms with E-state index in [2.05, 4.69) is 25.8 Å². The van der Waals surface area contributed by atoms with Gasteiger partial charge in [0.15, 0.2) is 0 Å². The number of anilines is 2. The van der Waals surface area contributed by atoms with Crippen LogP contribution in [-0.4, -0.2) is 27.7 Å². The predicted octanol–water partition coefficient (Wildman–Crippen LogP) is 2.92. The van der Waals surface area contributed by atoms with Gasteiger partial charge in [-0.25, -0.2) is 13.1 Å². The molecule has 1 aromatic carbocycles. The number of nitrogens with zero attached hydrogens (tertiary/aromatic N) is 2. The van der Waals surface area contributed by atoms with Gasteiger partial charge in [-0.1, -0.05) is 11.2 Å². The van der Waals surface area contributed by atoms with Crippen LogP contribution in [-0.2, 0) is 10.0 Å². The van der Waals surface area contributed by atoms with Gasteiger partial charge in [0.1, 0.15) is 4.47 Å². The summed E-state index contributed by atoms with van der Waals surface area (Å²) in [5.74, 6) is 0.0714. The van der Waals surface area contributed by atoms with Crippen molar-refractivity contribution in [3.05, 3.63) is 33.9 Å². The summed E-state index contributed by atoms with van der Waals surface area (Å²) in [4.78, 5) is 2.04. The second-order valence-corrected chi connectivity index (χ2v) is 7.30. The van der Waals surface area contributed by atoms with E-state index in [1.165, 1.54) is 0 Å². The van der Waals surface area contributed by atoms with E-state index < -0.39 is 10.0 Å². The third kappa shape index (κ3) is 3.21. The molecule has 0 aliphatic carbocycles. The molecule has 1 N–H and O–H groups in total. The van der Waals surface area contributed by atoms with Crippen molar-refractivity contribution in [2.45, 2.75) is 18.7 Å². The summed E-state index contributed by atoms with van der Waals surface area (Å²) in [7, 11) is -0.0455. The Hall–Kier alpha value is -1.54. The summed E-state index contributed by atoms with van der Waals surface area (Å²) >= 11 is 3.24. The third-order valence-corrected chi connectivity index (χ3v) is 5.40. The molecule has 1 aromatic heterocycles. The summed E-state index contributed by atoms with van der Waals surface area (Å²) in [6.07, 6.45) is 0. The van der Waals surface area contributed by atoms with Crippen LogP contribution in [0.3, 0.4) is 0 Å². The molecule has 0 fully saturated rings. The fourth-order valence-corrected chi connectivity index (χ4v) is 3.39. The fraction of sp³-hybridized carbons (Fsp3) is 0.308. The van der Waals surface area contributed by atoms with Crippen molar-refractivity contribution in [3.8, 4) is 0 Å². The summed E-state index contributed by atoms with van der Waals surface area (Å²) in [5, 5.41) is 3.71. The molecule has 0 atom stereocenters. The minimum Gasteiger partial charge on any atom is -0.378 e. The molecule has 0 amide bonds. The molecule has 114 valence electrons. The van der Waals surface area contributed by atoms with E-state index >= 15 is 0 Å². The standard InChI is InChI=1S/C13H16BrN3O3S/c1-8-5-6-10(17(3)4)7-11(8)21(18,19)16-13-12(14)9(2)15-20-13/h5-7,16H,1-4H3. The summed E-state index contributed by atoms with van der Waals surface area (Å²) in [6.45, 7) is 3.46. The molecule has 8 heteroatoms. The highest BCUT2D eigenvalue weighted by Crippen LogP contribution is 2.29. The van der Waals surface area contributed by atoms with E-state index in [-0.39, 0.29) is 10.8 Å². The maximum Gasteiger partial charge on any atom is 0.264 e. The lowest BCUT2D eigenvalue weighted by atomic mass is 10.2. The van der Waals surface area contributed by atoms with Crippen LogP contribution in [0.1, 0.15) is 11.3 Å². The van der Waals surface area contributed by atoms with Crippen molar-refractivity contribution in [2.75, 3.05) is 23.7 Å². The number of hydrogen-bond donors (Lipinski definition) is 1. The van der Waals surface area contributed by atoms with Gasteiger partial charge < -0.3 is 9.42 Å². The Bertz CT molecular complexity index is 769. The highest BCUT2D eigenvalue weighted by Gasteiger charge is 2.22. The third-order valence-electron chi connectivity index (χ3n) is 3.00. The predicted molar refractivity (Wildman–Crippen MR) is 85.3 cm³/mol. The van der Waals surface area contributed by atoms with Crippen LogP contribution in [0.5, 0.6) is 0 Å². The number of halogens is 1. The summed E-state index contributed by atoms with van der Waals surface area (Å²) in [5.41, 5.74) is 2.03. The highest BCUT2D eigenvalue weighted by molar-refractivity contribution is 9.10. The first kappa shape index (κ1) is 15.8. The van der Waals surface area contributed by atoms with E-state index in [1.807, 2.05) is 25.1 Å². The number of aromatic nitrogens is 1. The quantitative estimate of drug-likeness (QED) is 0.891. The van der Waals surface area contributed by atoms with Gasteiger partial charge in [-0.3, -0.25) is 0 Å². The van der Waals surface area contributed by atoms with Crippen molar-refractivity contribution in [3.63, 3.8) is 0 Å². The maximum absolute atomic E-state index is 12.5. The van der Waals surface area contributed by atoms with Crippen molar-refractivity contribution in [1.82, 2.24) is 5.16 Å². The van der Waals surface area contributed by atoms with Gasteiger partial charge in [-0.15, -0.1) is 0 Å². The van der Waals surface area contributed by atoms with Crippen LogP contribution in [0, 0.1) is 13.8 Å². The van der Waals surface area contributed by atoms with Gasteiger partial charge in [0.25, 0.3) is 15.9 Å². The number of aryl methyl sites for hydroxylation is 2. The zero-order valence-corrected chi connectivity index (χ0v) is 14.5. The van der Waals surface area contributed by atoms with Gasteiger partial charge >= 0.3 is 0 Å². The first-order valence-corrected chi connectivity index (χ1v) is 8.42. The van der Waals surface area contributed by atoms with E-state index in [1.54, 1.807) is 26.0 Å². The molecule has 2 rings (SSSR count). The van der Waals surface area contributed by atoms with Gasteiger partial charge in [-0.2, -0.15) is 0 Å². The summed E-state index contributed by atoms with van der Waals surface area (Å²) < 4.78 is 32.9. The second kappa shape index (κ2) is 5.69. The van der Waals surface area contributed by atoms with Crippen LogP contribution in [0.2, 0.25) is 0 Å². The topological polar surface area (TPSA) is 75.4 Å². The Morgan fingerprint density at radius 3 is 2.48 bits per heavy atom. The smallest absolute Gasteiger partial charge is 0.264 e. The van der Waals surface area contributed by atoms with Crippen LogP contribution in [0.25, 0.3) is 0 Å². The van der Waals surface area contributed by atoms with E-state index in [4.69, 9.17) is 4.52 Å². The minimum absolute atomic E-state index is 0.0714. The fourth-order valence-electron chi connectivity index (χ4n) is 1.76. The lowest BCUT2D eigenvalue weighted by molar-refractivity contribution is 0.430. The molecule has 0 unspecified atom stereocenters. The van der Waals surface area contributed by atoms with Crippen molar-refractivity contribution in [2.24, 2.45) is 0 Å². The largest absolute Gasteiger partial charge is 0.378 e. The molecule has 0 saturated carbocycles. The molecule has 0 radical (unpaired) electrons. The lowest BCUT2D eigenvalue weighted by Crippen LogP contribution is -2.16. The molecular formula is C13H16BrN3O3S. The van der Waals surface area contributed by atoms with Gasteiger partial charge in [-0.05, 0) is 47.5 Å². The Kier molecular flexibility index (Phi) is 4.29. The van der Waals surface area contributed by atoms with Crippen LogP contribution in [0.15, 0.2) is 32.1 Å². The Morgan fingerprint density at radius 2 is 1.95 bits per heavy atom. The molecule has 0 bridgehead atoms. The highest BCUT2D eigenvalue weighted by atomic mass is 79.9. The lowest BCUT2D eigenvalue weighted by Gasteiger charge is -2.15. The SMILES string of the molecule is Cc1ccc(N(C)C)cc1S(=O)(=O)Nc1onc(C)c1Br. The molecule has 6 nitrogen and oxygen atoms in total. The molecule has 2 aromatic rings. The van der Waals surface area contributed by atoms with Crippen molar-refractivity contribution >= 4 is 37.5 Å². The molecule has 0 saturated heterocycles. The molecule has 21 heavy (non-hydrogen) atoms. The zero-order valence-electron chi connectivity index (χ0n) is 12.1. The first-order chi connectivity index (χ1) is 9.72. The molecule has 0 spiro atoms. The van der Waals surface area contributed by atoms with Crippen molar-refractivity contribution < 1.29 is 12.9 Å². The van der Waals surface area contributed by atoms with Gasteiger partial charge in [0.05, 0.1) is 10.6 Å². The normalized spacial score (nSPS) is 11.5. The number of benzene rings is 1. The average molecular weight is 374 g/mol.